The second-order valence-electron chi connectivity index (χ2n) is 13.8. The van der Waals surface area contributed by atoms with Crippen molar-refractivity contribution in [1.29, 1.82) is 0 Å². The van der Waals surface area contributed by atoms with Crippen molar-refractivity contribution in [2.45, 2.75) is 74.8 Å². The lowest BCUT2D eigenvalue weighted by atomic mass is 9.96. The number of carbonyl (C=O) groups excluding carboxylic acids is 3. The first-order valence-electron chi connectivity index (χ1n) is 17.1. The molecule has 2 aliphatic heterocycles. The molecular formula is C36H42N6O7S. The molecule has 0 bridgehead atoms. The highest BCUT2D eigenvalue weighted by molar-refractivity contribution is 7.91. The molecule has 3 fully saturated rings. The zero-order valence-corrected chi connectivity index (χ0v) is 29.2. The summed E-state index contributed by atoms with van der Waals surface area (Å²) in [6, 6.07) is 6.27. The number of nitrogens with one attached hydrogen (secondary N) is 2. The van der Waals surface area contributed by atoms with Gasteiger partial charge in [-0.1, -0.05) is 12.2 Å². The van der Waals surface area contributed by atoms with E-state index >= 15 is 0 Å². The van der Waals surface area contributed by atoms with E-state index in [0.29, 0.717) is 31.0 Å². The zero-order valence-electron chi connectivity index (χ0n) is 28.4. The van der Waals surface area contributed by atoms with Crippen molar-refractivity contribution in [3.63, 3.8) is 0 Å². The number of methoxy groups -OCH3 is 1. The largest absolute Gasteiger partial charge is 0.496 e. The van der Waals surface area contributed by atoms with Gasteiger partial charge in [-0.3, -0.25) is 19.3 Å². The van der Waals surface area contributed by atoms with Crippen LogP contribution in [0.5, 0.6) is 11.6 Å². The van der Waals surface area contributed by atoms with E-state index < -0.39 is 44.8 Å². The Morgan fingerprint density at radius 3 is 2.68 bits per heavy atom. The van der Waals surface area contributed by atoms with E-state index in [1.54, 1.807) is 37.6 Å². The SMILES string of the molecule is COc1ccc2c(OC3CC4C(=O)NC5(C(=O)NS(=O)(=O)C6CC6)CC5C=CCCCCN(C)C(=O)N4C3)nccc2c1-c1cnccc1C. The van der Waals surface area contributed by atoms with Gasteiger partial charge in [0.05, 0.1) is 18.9 Å². The molecule has 7 rings (SSSR count). The zero-order chi connectivity index (χ0) is 35.2. The minimum absolute atomic E-state index is 0.114. The molecule has 4 unspecified atom stereocenters. The molecule has 2 aromatic heterocycles. The van der Waals surface area contributed by atoms with Crippen LogP contribution < -0.4 is 19.5 Å². The Labute approximate surface area is 291 Å². The number of hydrogen-bond acceptors (Lipinski definition) is 9. The van der Waals surface area contributed by atoms with Crippen molar-refractivity contribution in [2.24, 2.45) is 5.92 Å². The van der Waals surface area contributed by atoms with Crippen LogP contribution in [0.2, 0.25) is 0 Å². The molecular weight excluding hydrogens is 660 g/mol. The molecule has 264 valence electrons. The lowest BCUT2D eigenvalue weighted by Crippen LogP contribution is -2.57. The standard InChI is InChI=1S/C36H42N6O7S/c1-22-13-15-37-20-28(22)31-26-14-16-38-33(27(26)11-12-30(31)48-3)49-24-18-29-32(43)39-36(34(44)40-50(46,47)25-9-10-25)19-23(36)8-6-4-5-7-17-41(2)35(45)42(29)21-24/h6,8,11-16,20,23-25,29H,4-5,7,9-10,17-19,21H2,1-3H3,(H,39,43)(H,40,44). The Morgan fingerprint density at radius 1 is 1.10 bits per heavy atom. The minimum atomic E-state index is -3.83. The molecule has 50 heavy (non-hydrogen) atoms. The Kier molecular flexibility index (Phi) is 8.91. The van der Waals surface area contributed by atoms with Crippen molar-refractivity contribution in [2.75, 3.05) is 27.2 Å². The number of hydrogen-bond donors (Lipinski definition) is 2. The fourth-order valence-electron chi connectivity index (χ4n) is 7.13. The van der Waals surface area contributed by atoms with Crippen molar-refractivity contribution in [1.82, 2.24) is 29.8 Å². The second-order valence-corrected chi connectivity index (χ2v) is 15.7. The first-order valence-corrected chi connectivity index (χ1v) is 18.7. The molecule has 0 spiro atoms. The van der Waals surface area contributed by atoms with Crippen LogP contribution in [0.1, 0.15) is 50.5 Å². The maximum Gasteiger partial charge on any atom is 0.320 e. The van der Waals surface area contributed by atoms with Gasteiger partial charge >= 0.3 is 6.03 Å². The number of benzene rings is 1. The van der Waals surface area contributed by atoms with Crippen LogP contribution >= 0.6 is 0 Å². The highest BCUT2D eigenvalue weighted by Crippen LogP contribution is 2.46. The van der Waals surface area contributed by atoms with Crippen LogP contribution in [-0.4, -0.2) is 96.2 Å². The first-order chi connectivity index (χ1) is 24.0. The summed E-state index contributed by atoms with van der Waals surface area (Å²) in [6.07, 6.45) is 12.2. The van der Waals surface area contributed by atoms with Gasteiger partial charge in [-0.2, -0.15) is 0 Å². The van der Waals surface area contributed by atoms with Crippen LogP contribution in [0.4, 0.5) is 4.79 Å². The van der Waals surface area contributed by atoms with Crippen molar-refractivity contribution >= 4 is 38.6 Å². The number of ether oxygens (including phenoxy) is 2. The number of amides is 4. The van der Waals surface area contributed by atoms with Crippen molar-refractivity contribution in [3.05, 3.63) is 60.6 Å². The van der Waals surface area contributed by atoms with Gasteiger partial charge in [0.15, 0.2) is 0 Å². The highest BCUT2D eigenvalue weighted by Gasteiger charge is 2.62. The smallest absolute Gasteiger partial charge is 0.320 e. The third-order valence-electron chi connectivity index (χ3n) is 10.3. The monoisotopic (exact) mass is 702 g/mol. The van der Waals surface area contributed by atoms with E-state index in [0.717, 1.165) is 46.7 Å². The maximum absolute atomic E-state index is 14.1. The van der Waals surface area contributed by atoms with Gasteiger partial charge in [-0.15, -0.1) is 0 Å². The number of nitrogens with zero attached hydrogens (tertiary/aromatic N) is 4. The van der Waals surface area contributed by atoms with Crippen LogP contribution in [0.15, 0.2) is 55.0 Å². The van der Waals surface area contributed by atoms with Gasteiger partial charge in [-0.05, 0) is 75.3 Å². The maximum atomic E-state index is 14.1. The van der Waals surface area contributed by atoms with E-state index in [-0.39, 0.29) is 31.3 Å². The minimum Gasteiger partial charge on any atom is -0.496 e. The number of aromatic nitrogens is 2. The number of sulfonamides is 1. The van der Waals surface area contributed by atoms with Crippen LogP contribution in [0.3, 0.4) is 0 Å². The second kappa shape index (κ2) is 13.2. The van der Waals surface area contributed by atoms with Crippen molar-refractivity contribution < 1.29 is 32.3 Å². The van der Waals surface area contributed by atoms with Gasteiger partial charge in [0, 0.05) is 66.4 Å². The third kappa shape index (κ3) is 6.36. The lowest BCUT2D eigenvalue weighted by molar-refractivity contribution is -0.131. The number of urea groups is 1. The molecule has 1 saturated heterocycles. The topological polar surface area (TPSA) is 160 Å². The van der Waals surface area contributed by atoms with E-state index in [1.807, 2.05) is 43.3 Å². The molecule has 1 aromatic carbocycles. The molecule has 3 aromatic rings. The van der Waals surface area contributed by atoms with E-state index in [9.17, 15) is 22.8 Å². The number of pyridine rings is 2. The van der Waals surface area contributed by atoms with Crippen LogP contribution in [0.25, 0.3) is 21.9 Å². The fourth-order valence-corrected chi connectivity index (χ4v) is 8.49. The number of fused-ring (bicyclic) bond motifs is 3. The molecule has 2 aliphatic carbocycles. The summed E-state index contributed by atoms with van der Waals surface area (Å²) in [5.41, 5.74) is 1.36. The Morgan fingerprint density at radius 2 is 1.92 bits per heavy atom. The van der Waals surface area contributed by atoms with Gasteiger partial charge in [0.25, 0.3) is 5.91 Å². The van der Waals surface area contributed by atoms with E-state index in [4.69, 9.17) is 9.47 Å². The molecule has 0 radical (unpaired) electrons. The molecule has 4 aliphatic rings. The number of aryl methyl sites for hydroxylation is 1. The average molecular weight is 703 g/mol. The van der Waals surface area contributed by atoms with E-state index in [2.05, 4.69) is 20.0 Å². The lowest BCUT2D eigenvalue weighted by Gasteiger charge is -2.30. The van der Waals surface area contributed by atoms with E-state index in [1.165, 1.54) is 4.90 Å². The summed E-state index contributed by atoms with van der Waals surface area (Å²) < 4.78 is 39.9. The molecule has 13 nitrogen and oxygen atoms in total. The average Bonchev–Trinajstić information content (AvgIpc) is 4.02. The summed E-state index contributed by atoms with van der Waals surface area (Å²) in [5.74, 6) is -0.619. The molecule has 4 amide bonds. The third-order valence-corrected chi connectivity index (χ3v) is 12.1. The Hall–Kier alpha value is -4.72. The van der Waals surface area contributed by atoms with Gasteiger partial charge in [-0.25, -0.2) is 18.2 Å². The fraction of sp³-hybridized carbons (Fsp3) is 0.472. The number of rotatable bonds is 7. The van der Waals surface area contributed by atoms with Gasteiger partial charge < -0.3 is 24.6 Å². The first kappa shape index (κ1) is 33.8. The molecule has 14 heteroatoms. The number of carbonyl (C=O) groups is 3. The number of allylic oxidation sites excluding steroid dienone is 1. The molecule has 2 saturated carbocycles. The molecule has 4 heterocycles. The quantitative estimate of drug-likeness (QED) is 0.350. The Bertz CT molecular complexity index is 1980. The van der Waals surface area contributed by atoms with Gasteiger partial charge in [0.1, 0.15) is 23.4 Å². The Balaban J connectivity index is 1.19. The molecule has 2 N–H and O–H groups in total. The summed E-state index contributed by atoms with van der Waals surface area (Å²) in [5, 5.41) is 3.88. The normalized spacial score (nSPS) is 25.7. The summed E-state index contributed by atoms with van der Waals surface area (Å²) in [6.45, 7) is 2.63. The summed E-state index contributed by atoms with van der Waals surface area (Å²) in [4.78, 5) is 53.5. The predicted molar refractivity (Wildman–Crippen MR) is 186 cm³/mol. The summed E-state index contributed by atoms with van der Waals surface area (Å²) in [7, 11) is -0.504. The van der Waals surface area contributed by atoms with Gasteiger partial charge in [0.2, 0.25) is 21.8 Å². The predicted octanol–water partition coefficient (Wildman–Crippen LogP) is 3.71. The highest BCUT2D eigenvalue weighted by atomic mass is 32.2. The molecule has 4 atom stereocenters. The van der Waals surface area contributed by atoms with Crippen molar-refractivity contribution in [3.8, 4) is 22.8 Å². The van der Waals surface area contributed by atoms with Crippen LogP contribution in [0, 0.1) is 12.8 Å². The summed E-state index contributed by atoms with van der Waals surface area (Å²) >= 11 is 0. The van der Waals surface area contributed by atoms with Crippen LogP contribution in [-0.2, 0) is 19.6 Å².